The molecule has 2 fully saturated rings. The molecule has 2 aliphatic carbocycles. The Kier molecular flexibility index (Phi) is 5.96. The molecule has 1 aromatic rings. The van der Waals surface area contributed by atoms with Gasteiger partial charge in [0.25, 0.3) is 5.91 Å². The highest BCUT2D eigenvalue weighted by Crippen LogP contribution is 2.53. The van der Waals surface area contributed by atoms with Crippen LogP contribution in [0.15, 0.2) is 34.8 Å². The summed E-state index contributed by atoms with van der Waals surface area (Å²) in [6.45, 7) is 2.96. The van der Waals surface area contributed by atoms with Gasteiger partial charge in [0, 0.05) is 10.2 Å². The first-order valence-electron chi connectivity index (χ1n) is 10.2. The highest BCUT2D eigenvalue weighted by Gasteiger charge is 2.61. The summed E-state index contributed by atoms with van der Waals surface area (Å²) >= 11 is 9.28. The molecule has 1 aliphatic heterocycles. The second-order valence-corrected chi connectivity index (χ2v) is 9.78. The van der Waals surface area contributed by atoms with Crippen LogP contribution >= 0.6 is 27.5 Å². The van der Waals surface area contributed by atoms with Crippen molar-refractivity contribution in [3.8, 4) is 0 Å². The number of amides is 3. The van der Waals surface area contributed by atoms with E-state index in [1.807, 2.05) is 12.2 Å². The van der Waals surface area contributed by atoms with Crippen LogP contribution in [-0.4, -0.2) is 41.2 Å². The molecule has 4 rings (SSSR count). The molecule has 1 N–H and O–H groups in total. The quantitative estimate of drug-likeness (QED) is 0.360. The van der Waals surface area contributed by atoms with Crippen LogP contribution in [0.5, 0.6) is 0 Å². The average molecular weight is 510 g/mol. The minimum Gasteiger partial charge on any atom is -0.454 e. The Morgan fingerprint density at radius 3 is 2.35 bits per heavy atom. The topological polar surface area (TPSA) is 92.8 Å². The lowest BCUT2D eigenvalue weighted by atomic mass is 9.85. The number of fused-ring (bicyclic) bond motifs is 5. The van der Waals surface area contributed by atoms with Crippen molar-refractivity contribution in [1.29, 1.82) is 0 Å². The van der Waals surface area contributed by atoms with Crippen molar-refractivity contribution < 1.29 is 23.9 Å². The van der Waals surface area contributed by atoms with Gasteiger partial charge in [-0.3, -0.25) is 19.3 Å². The van der Waals surface area contributed by atoms with Gasteiger partial charge in [0.15, 0.2) is 6.61 Å². The fraction of sp³-hybridized carbons (Fsp3) is 0.455. The molecule has 1 aromatic carbocycles. The maximum Gasteiger partial charge on any atom is 0.330 e. The van der Waals surface area contributed by atoms with E-state index in [4.69, 9.17) is 16.3 Å². The summed E-state index contributed by atoms with van der Waals surface area (Å²) in [6, 6.07) is 3.84. The molecule has 9 heteroatoms. The van der Waals surface area contributed by atoms with Gasteiger partial charge in [0.05, 0.1) is 16.9 Å². The molecule has 2 bridgehead atoms. The largest absolute Gasteiger partial charge is 0.454 e. The summed E-state index contributed by atoms with van der Waals surface area (Å²) < 4.78 is 5.89. The molecular weight excluding hydrogens is 488 g/mol. The molecule has 0 aromatic heterocycles. The molecular formula is C22H22BrClN2O5. The normalized spacial score (nSPS) is 27.1. The van der Waals surface area contributed by atoms with Crippen LogP contribution in [0, 0.1) is 29.6 Å². The first-order chi connectivity index (χ1) is 14.7. The lowest BCUT2D eigenvalue weighted by Crippen LogP contribution is -2.50. The number of allylic oxidation sites excluding steroid dienone is 2. The molecule has 0 spiro atoms. The number of halogens is 2. The van der Waals surface area contributed by atoms with E-state index in [-0.39, 0.29) is 41.4 Å². The summed E-state index contributed by atoms with van der Waals surface area (Å²) in [5.74, 6) is -2.93. The molecule has 164 valence electrons. The number of benzene rings is 1. The smallest absolute Gasteiger partial charge is 0.330 e. The Morgan fingerprint density at radius 2 is 1.81 bits per heavy atom. The van der Waals surface area contributed by atoms with Crippen LogP contribution < -0.4 is 5.32 Å². The van der Waals surface area contributed by atoms with E-state index in [0.29, 0.717) is 15.2 Å². The SMILES string of the molecule is CC(C)[C@H](C(=O)OCC(=O)Nc1ccc(Br)c(Cl)c1)N1C(=O)[C@@H]2[C@H](C1=O)[C@H]1C=C[C@H]2C1. The number of nitrogens with zero attached hydrogens (tertiary/aromatic N) is 1. The van der Waals surface area contributed by atoms with E-state index in [9.17, 15) is 19.2 Å². The number of likely N-dealkylation sites (tertiary alicyclic amines) is 1. The number of hydrogen-bond acceptors (Lipinski definition) is 5. The number of ether oxygens (including phenoxy) is 1. The van der Waals surface area contributed by atoms with Crippen molar-refractivity contribution in [2.75, 3.05) is 11.9 Å². The highest BCUT2D eigenvalue weighted by atomic mass is 79.9. The van der Waals surface area contributed by atoms with E-state index in [1.54, 1.807) is 32.0 Å². The molecule has 1 saturated heterocycles. The molecule has 1 heterocycles. The molecule has 3 amide bonds. The Hall–Kier alpha value is -2.19. The maximum atomic E-state index is 13.0. The van der Waals surface area contributed by atoms with Gasteiger partial charge in [-0.2, -0.15) is 0 Å². The first-order valence-corrected chi connectivity index (χ1v) is 11.3. The summed E-state index contributed by atoms with van der Waals surface area (Å²) in [5, 5.41) is 3.02. The van der Waals surface area contributed by atoms with Gasteiger partial charge in [-0.1, -0.05) is 37.6 Å². The van der Waals surface area contributed by atoms with E-state index < -0.39 is 24.5 Å². The fourth-order valence-electron chi connectivity index (χ4n) is 4.87. The molecule has 3 aliphatic rings. The van der Waals surface area contributed by atoms with E-state index >= 15 is 0 Å². The molecule has 5 atom stereocenters. The third kappa shape index (κ3) is 3.91. The highest BCUT2D eigenvalue weighted by molar-refractivity contribution is 9.10. The van der Waals surface area contributed by atoms with E-state index in [0.717, 1.165) is 11.3 Å². The molecule has 7 nitrogen and oxygen atoms in total. The van der Waals surface area contributed by atoms with Gasteiger partial charge in [0.1, 0.15) is 6.04 Å². The Balaban J connectivity index is 1.41. The minimum absolute atomic E-state index is 0.0591. The number of carbonyl (C=O) groups excluding carboxylic acids is 4. The van der Waals surface area contributed by atoms with Crippen LogP contribution in [-0.2, 0) is 23.9 Å². The van der Waals surface area contributed by atoms with Crippen LogP contribution in [0.3, 0.4) is 0 Å². The number of imide groups is 1. The Bertz CT molecular complexity index is 964. The van der Waals surface area contributed by atoms with Gasteiger partial charge in [0.2, 0.25) is 11.8 Å². The molecule has 0 unspecified atom stereocenters. The molecule has 0 radical (unpaired) electrons. The lowest BCUT2D eigenvalue weighted by molar-refractivity contribution is -0.162. The number of rotatable bonds is 6. The number of anilines is 1. The minimum atomic E-state index is -1.06. The van der Waals surface area contributed by atoms with Crippen molar-refractivity contribution in [3.05, 3.63) is 39.8 Å². The van der Waals surface area contributed by atoms with Gasteiger partial charge in [-0.15, -0.1) is 0 Å². The number of esters is 1. The van der Waals surface area contributed by atoms with E-state index in [1.165, 1.54) is 0 Å². The number of nitrogens with one attached hydrogen (secondary N) is 1. The summed E-state index contributed by atoms with van der Waals surface area (Å²) in [7, 11) is 0. The summed E-state index contributed by atoms with van der Waals surface area (Å²) in [5.41, 5.74) is 0.454. The summed E-state index contributed by atoms with van der Waals surface area (Å²) in [4.78, 5) is 52.2. The van der Waals surface area contributed by atoms with Gasteiger partial charge in [-0.05, 0) is 58.3 Å². The van der Waals surface area contributed by atoms with Crippen molar-refractivity contribution >= 4 is 56.9 Å². The number of carbonyl (C=O) groups is 4. The van der Waals surface area contributed by atoms with Crippen molar-refractivity contribution in [3.63, 3.8) is 0 Å². The zero-order valence-electron chi connectivity index (χ0n) is 17.0. The second-order valence-electron chi connectivity index (χ2n) is 8.52. The average Bonchev–Trinajstić information content (AvgIpc) is 3.39. The van der Waals surface area contributed by atoms with Crippen molar-refractivity contribution in [2.45, 2.75) is 26.3 Å². The van der Waals surface area contributed by atoms with Gasteiger partial charge >= 0.3 is 5.97 Å². The second kappa shape index (κ2) is 8.39. The van der Waals surface area contributed by atoms with E-state index in [2.05, 4.69) is 21.2 Å². The zero-order valence-corrected chi connectivity index (χ0v) is 19.4. The zero-order chi connectivity index (χ0) is 22.4. The van der Waals surface area contributed by atoms with Crippen molar-refractivity contribution in [2.24, 2.45) is 29.6 Å². The van der Waals surface area contributed by atoms with Crippen molar-refractivity contribution in [1.82, 2.24) is 4.90 Å². The molecule has 1 saturated carbocycles. The first kappa shape index (κ1) is 22.0. The standard InChI is InChI=1S/C22H22BrClN2O5/c1-10(2)19(26-20(28)17-11-3-4-12(7-11)18(17)21(26)29)22(30)31-9-16(27)25-13-5-6-14(23)15(24)8-13/h3-6,8,10-12,17-19H,7,9H2,1-2H3,(H,25,27)/t11-,12-,17-,18+,19+/m0/s1. The Morgan fingerprint density at radius 1 is 1.19 bits per heavy atom. The fourth-order valence-corrected chi connectivity index (χ4v) is 5.30. The van der Waals surface area contributed by atoms with Crippen LogP contribution in [0.4, 0.5) is 5.69 Å². The predicted molar refractivity (Wildman–Crippen MR) is 117 cm³/mol. The monoisotopic (exact) mass is 508 g/mol. The lowest BCUT2D eigenvalue weighted by Gasteiger charge is -2.28. The number of hydrogen-bond donors (Lipinski definition) is 1. The predicted octanol–water partition coefficient (Wildman–Crippen LogP) is 3.42. The third-order valence-corrected chi connectivity index (χ3v) is 7.44. The third-order valence-electron chi connectivity index (χ3n) is 6.20. The van der Waals surface area contributed by atoms with Gasteiger partial charge < -0.3 is 10.1 Å². The van der Waals surface area contributed by atoms with Crippen LogP contribution in [0.2, 0.25) is 5.02 Å². The molecule has 31 heavy (non-hydrogen) atoms. The van der Waals surface area contributed by atoms with Crippen LogP contribution in [0.1, 0.15) is 20.3 Å². The van der Waals surface area contributed by atoms with Crippen LogP contribution in [0.25, 0.3) is 0 Å². The Labute approximate surface area is 193 Å². The summed E-state index contributed by atoms with van der Waals surface area (Å²) in [6.07, 6.45) is 4.82. The maximum absolute atomic E-state index is 13.0. The van der Waals surface area contributed by atoms with Gasteiger partial charge in [-0.25, -0.2) is 4.79 Å².